The summed E-state index contributed by atoms with van der Waals surface area (Å²) >= 11 is 0. The maximum atomic E-state index is 12.2. The molecule has 0 saturated heterocycles. The van der Waals surface area contributed by atoms with Crippen LogP contribution in [0.4, 0.5) is 0 Å². The molecule has 0 aliphatic rings. The summed E-state index contributed by atoms with van der Waals surface area (Å²) in [4.78, 5) is 19.9. The van der Waals surface area contributed by atoms with Gasteiger partial charge in [-0.15, -0.1) is 0 Å². The molecule has 0 unspecified atom stereocenters. The van der Waals surface area contributed by atoms with Gasteiger partial charge in [0.2, 0.25) is 17.3 Å². The average Bonchev–Trinajstić information content (AvgIpc) is 2.65. The molecule has 0 spiro atoms. The molecule has 0 radical (unpaired) electrons. The van der Waals surface area contributed by atoms with Crippen LogP contribution in [0.15, 0.2) is 41.7 Å². The minimum Gasteiger partial charge on any atom is -0.493 e. The van der Waals surface area contributed by atoms with Crippen LogP contribution in [0.2, 0.25) is 0 Å². The molecule has 2 aromatic rings. The minimum absolute atomic E-state index is 0.0383. The number of hydrogen-bond donors (Lipinski definition) is 1. The highest BCUT2D eigenvalue weighted by molar-refractivity contribution is 5.95. The maximum absolute atomic E-state index is 12.2. The summed E-state index contributed by atoms with van der Waals surface area (Å²) in [6.07, 6.45) is 1.68. The van der Waals surface area contributed by atoms with Crippen molar-refractivity contribution >= 4 is 11.8 Å². The molecule has 0 aliphatic heterocycles. The highest BCUT2D eigenvalue weighted by Gasteiger charge is 2.18. The van der Waals surface area contributed by atoms with Crippen LogP contribution in [-0.4, -0.2) is 33.1 Å². The molecule has 8 nitrogen and oxygen atoms in total. The minimum atomic E-state index is -0.715. The molecule has 0 fully saturated rings. The number of nitrogens with one attached hydrogen (secondary N) is 1. The van der Waals surface area contributed by atoms with Crippen molar-refractivity contribution in [1.29, 1.82) is 0 Å². The number of benzene rings is 1. The number of amidine groups is 1. The number of hydrogen-bond acceptors (Lipinski definition) is 6. The highest BCUT2D eigenvalue weighted by atomic mass is 16.7. The third-order valence-electron chi connectivity index (χ3n) is 3.11. The number of oxime groups is 1. The van der Waals surface area contributed by atoms with E-state index in [9.17, 15) is 4.79 Å². The van der Waals surface area contributed by atoms with Crippen molar-refractivity contribution in [2.75, 3.05) is 21.3 Å². The fourth-order valence-corrected chi connectivity index (χ4v) is 1.94. The number of carbonyl (C=O) groups excluding carboxylic acids is 1. The Morgan fingerprint density at radius 3 is 2.25 bits per heavy atom. The van der Waals surface area contributed by atoms with Crippen LogP contribution >= 0.6 is 0 Å². The normalized spacial score (nSPS) is 10.9. The number of nitrogens with zero attached hydrogens (tertiary/aromatic N) is 1. The van der Waals surface area contributed by atoms with E-state index >= 15 is 0 Å². The molecule has 0 saturated carbocycles. The largest absolute Gasteiger partial charge is 0.493 e. The topological polar surface area (TPSA) is 107 Å². The van der Waals surface area contributed by atoms with Gasteiger partial charge in [0, 0.05) is 12.1 Å². The van der Waals surface area contributed by atoms with Gasteiger partial charge in [-0.25, -0.2) is 9.78 Å². The fraction of sp³-hybridized carbons (Fsp3) is 0.188. The van der Waals surface area contributed by atoms with Crippen molar-refractivity contribution < 1.29 is 28.8 Å². The third kappa shape index (κ3) is 3.72. The molecule has 1 aromatic heterocycles. The van der Waals surface area contributed by atoms with Crippen LogP contribution in [0.1, 0.15) is 16.1 Å². The number of methoxy groups -OCH3 is 3. The molecule has 24 heavy (non-hydrogen) atoms. The lowest BCUT2D eigenvalue weighted by Gasteiger charge is -2.12. The van der Waals surface area contributed by atoms with E-state index in [-0.39, 0.29) is 11.4 Å². The van der Waals surface area contributed by atoms with Gasteiger partial charge in [-0.2, -0.15) is 0 Å². The molecule has 2 rings (SSSR count). The van der Waals surface area contributed by atoms with Crippen LogP contribution in [0.25, 0.3) is 0 Å². The Balaban J connectivity index is 2.24. The molecule has 3 N–H and O–H groups in total. The predicted molar refractivity (Wildman–Crippen MR) is 85.2 cm³/mol. The van der Waals surface area contributed by atoms with Crippen LogP contribution in [0, 0.1) is 0 Å². The van der Waals surface area contributed by atoms with E-state index in [1.807, 2.05) is 0 Å². The van der Waals surface area contributed by atoms with E-state index in [4.69, 9.17) is 24.8 Å². The van der Waals surface area contributed by atoms with Gasteiger partial charge in [-0.1, -0.05) is 5.16 Å². The van der Waals surface area contributed by atoms with Gasteiger partial charge in [0.25, 0.3) is 0 Å². The lowest BCUT2D eigenvalue weighted by atomic mass is 10.2. The van der Waals surface area contributed by atoms with E-state index in [0.717, 1.165) is 0 Å². The first-order chi connectivity index (χ1) is 11.6. The predicted octanol–water partition coefficient (Wildman–Crippen LogP) is 1.00. The van der Waals surface area contributed by atoms with Gasteiger partial charge in [0.15, 0.2) is 17.7 Å². The van der Waals surface area contributed by atoms with E-state index < -0.39 is 5.97 Å². The number of carbonyl (C=O) groups is 1. The number of aromatic amines is 1. The number of nitrogens with two attached hydrogens (primary N) is 1. The Labute approximate surface area is 138 Å². The molecule has 0 atom stereocenters. The zero-order chi connectivity index (χ0) is 17.5. The standard InChI is InChI=1S/C16H17N3O5/c1-21-12-8-10(9-13(22-2)14(12)23-3)16(20)24-19-15(17)11-6-4-5-7-18-11/h4-9H,1-3H3,(H2,17,19)/p+1. The Morgan fingerprint density at radius 1 is 1.08 bits per heavy atom. The van der Waals surface area contributed by atoms with Gasteiger partial charge in [0.05, 0.1) is 26.9 Å². The number of pyridine rings is 1. The fourth-order valence-electron chi connectivity index (χ4n) is 1.94. The highest BCUT2D eigenvalue weighted by Crippen LogP contribution is 2.38. The Kier molecular flexibility index (Phi) is 5.56. The maximum Gasteiger partial charge on any atom is 0.366 e. The van der Waals surface area contributed by atoms with E-state index in [1.165, 1.54) is 33.5 Å². The summed E-state index contributed by atoms with van der Waals surface area (Å²) in [6, 6.07) is 8.19. The van der Waals surface area contributed by atoms with Gasteiger partial charge in [0.1, 0.15) is 0 Å². The average molecular weight is 332 g/mol. The summed E-state index contributed by atoms with van der Waals surface area (Å²) in [6.45, 7) is 0. The quantitative estimate of drug-likeness (QED) is 0.366. The first kappa shape index (κ1) is 17.1. The van der Waals surface area contributed by atoms with Gasteiger partial charge in [-0.3, -0.25) is 0 Å². The van der Waals surface area contributed by atoms with Crippen molar-refractivity contribution in [2.24, 2.45) is 10.9 Å². The molecule has 0 aliphatic carbocycles. The van der Waals surface area contributed by atoms with E-state index in [2.05, 4.69) is 10.1 Å². The number of aromatic nitrogens is 1. The van der Waals surface area contributed by atoms with Crippen LogP contribution in [-0.2, 0) is 4.84 Å². The van der Waals surface area contributed by atoms with Crippen molar-refractivity contribution in [3.8, 4) is 17.2 Å². The number of ether oxygens (including phenoxy) is 3. The van der Waals surface area contributed by atoms with Crippen LogP contribution < -0.4 is 24.9 Å². The monoisotopic (exact) mass is 332 g/mol. The second-order valence-corrected chi connectivity index (χ2v) is 4.55. The van der Waals surface area contributed by atoms with Gasteiger partial charge in [-0.05, 0) is 18.2 Å². The lowest BCUT2D eigenvalue weighted by molar-refractivity contribution is -0.380. The SMILES string of the molecule is COc1cc(C(=O)ON=C(N)c2cccc[nH+]2)cc(OC)c1OC. The lowest BCUT2D eigenvalue weighted by Crippen LogP contribution is -2.24. The van der Waals surface area contributed by atoms with E-state index in [0.29, 0.717) is 22.9 Å². The molecular formula is C16H18N3O5+. The zero-order valence-corrected chi connectivity index (χ0v) is 13.5. The molecule has 0 bridgehead atoms. The molecule has 0 amide bonds. The van der Waals surface area contributed by atoms with Crippen molar-refractivity contribution in [3.63, 3.8) is 0 Å². The summed E-state index contributed by atoms with van der Waals surface area (Å²) in [5.74, 6) is 0.359. The second kappa shape index (κ2) is 7.82. The Hall–Kier alpha value is -3.29. The Bertz CT molecular complexity index is 722. The Morgan fingerprint density at radius 2 is 1.75 bits per heavy atom. The summed E-state index contributed by atoms with van der Waals surface area (Å²) < 4.78 is 15.6. The third-order valence-corrected chi connectivity index (χ3v) is 3.11. The molecule has 126 valence electrons. The summed E-state index contributed by atoms with van der Waals surface area (Å²) in [5.41, 5.74) is 6.45. The van der Waals surface area contributed by atoms with Crippen LogP contribution in [0.3, 0.4) is 0 Å². The smallest absolute Gasteiger partial charge is 0.366 e. The van der Waals surface area contributed by atoms with Crippen molar-refractivity contribution in [1.82, 2.24) is 0 Å². The number of rotatable bonds is 6. The van der Waals surface area contributed by atoms with E-state index in [1.54, 1.807) is 24.4 Å². The van der Waals surface area contributed by atoms with Crippen molar-refractivity contribution in [3.05, 3.63) is 47.8 Å². The number of H-pyrrole nitrogens is 1. The van der Waals surface area contributed by atoms with Gasteiger partial charge >= 0.3 is 5.97 Å². The zero-order valence-electron chi connectivity index (χ0n) is 13.5. The second-order valence-electron chi connectivity index (χ2n) is 4.55. The molecule has 8 heteroatoms. The summed E-state index contributed by atoms with van der Waals surface area (Å²) in [7, 11) is 4.38. The molecule has 1 aromatic carbocycles. The molecular weight excluding hydrogens is 314 g/mol. The summed E-state index contributed by atoms with van der Waals surface area (Å²) in [5, 5.41) is 3.63. The first-order valence-corrected chi connectivity index (χ1v) is 6.92. The first-order valence-electron chi connectivity index (χ1n) is 6.92. The van der Waals surface area contributed by atoms with Gasteiger partial charge < -0.3 is 24.8 Å². The van der Waals surface area contributed by atoms with Crippen molar-refractivity contribution in [2.45, 2.75) is 0 Å². The van der Waals surface area contributed by atoms with Crippen LogP contribution in [0.5, 0.6) is 17.2 Å². The molecule has 1 heterocycles.